The van der Waals surface area contributed by atoms with Gasteiger partial charge in [0.15, 0.2) is 5.96 Å². The summed E-state index contributed by atoms with van der Waals surface area (Å²) in [6, 6.07) is 0.785. The van der Waals surface area contributed by atoms with Gasteiger partial charge in [-0.25, -0.2) is 0 Å². The van der Waals surface area contributed by atoms with Crippen molar-refractivity contribution in [2.24, 2.45) is 10.9 Å². The number of nitrogens with zero attached hydrogens (tertiary/aromatic N) is 4. The lowest BCUT2D eigenvalue weighted by Gasteiger charge is -2.30. The van der Waals surface area contributed by atoms with Gasteiger partial charge in [0.2, 0.25) is 0 Å². The second-order valence-corrected chi connectivity index (χ2v) is 8.11. The van der Waals surface area contributed by atoms with Gasteiger partial charge in [-0.15, -0.1) is 34.2 Å². The highest BCUT2D eigenvalue weighted by Crippen LogP contribution is 2.23. The van der Waals surface area contributed by atoms with Gasteiger partial charge in [0.25, 0.3) is 0 Å². The highest BCUT2D eigenvalue weighted by Gasteiger charge is 2.24. The van der Waals surface area contributed by atoms with Gasteiger partial charge in [0.05, 0.1) is 18.7 Å². The lowest BCUT2D eigenvalue weighted by Crippen LogP contribution is -2.50. The molecule has 1 aromatic heterocycles. The van der Waals surface area contributed by atoms with Crippen LogP contribution in [0.5, 0.6) is 0 Å². The Hall–Kier alpha value is -0.900. The fourth-order valence-corrected chi connectivity index (χ4v) is 4.05. The van der Waals surface area contributed by atoms with Crippen LogP contribution in [0.3, 0.4) is 0 Å². The van der Waals surface area contributed by atoms with Gasteiger partial charge in [-0.1, -0.05) is 13.8 Å². The Kier molecular flexibility index (Phi) is 9.98. The van der Waals surface area contributed by atoms with Crippen LogP contribution in [0, 0.1) is 5.92 Å². The average Bonchev–Trinajstić information content (AvgIpc) is 3.35. The Morgan fingerprint density at radius 3 is 2.79 bits per heavy atom. The zero-order valence-corrected chi connectivity index (χ0v) is 19.9. The molecule has 2 heterocycles. The zero-order valence-electron chi connectivity index (χ0n) is 17.6. The first-order chi connectivity index (χ1) is 13.2. The second kappa shape index (κ2) is 11.9. The number of aliphatic imine (C=N–C) groups is 1. The van der Waals surface area contributed by atoms with Crippen LogP contribution in [0.4, 0.5) is 0 Å². The minimum Gasteiger partial charge on any atom is -0.376 e. The number of rotatable bonds is 7. The number of guanidine groups is 1. The molecule has 0 spiro atoms. The molecule has 2 N–H and O–H groups in total. The van der Waals surface area contributed by atoms with E-state index in [1.165, 1.54) is 25.7 Å². The van der Waals surface area contributed by atoms with E-state index >= 15 is 0 Å². The fourth-order valence-electron chi connectivity index (χ4n) is 4.05. The Bertz CT molecular complexity index is 593. The van der Waals surface area contributed by atoms with Gasteiger partial charge < -0.3 is 19.9 Å². The summed E-state index contributed by atoms with van der Waals surface area (Å²) in [6.45, 7) is 9.05. The molecule has 0 bridgehead atoms. The molecule has 28 heavy (non-hydrogen) atoms. The molecule has 3 rings (SSSR count). The summed E-state index contributed by atoms with van der Waals surface area (Å²) in [5.74, 6) is 2.79. The van der Waals surface area contributed by atoms with Gasteiger partial charge in [-0.05, 0) is 51.4 Å². The van der Waals surface area contributed by atoms with E-state index in [0.717, 1.165) is 50.1 Å². The summed E-state index contributed by atoms with van der Waals surface area (Å²) < 4.78 is 7.94. The Morgan fingerprint density at radius 1 is 1.32 bits per heavy atom. The third kappa shape index (κ3) is 6.86. The van der Waals surface area contributed by atoms with Crippen LogP contribution >= 0.6 is 24.0 Å². The molecule has 8 heteroatoms. The predicted molar refractivity (Wildman–Crippen MR) is 123 cm³/mol. The number of hydrogen-bond acceptors (Lipinski definition) is 4. The maximum absolute atomic E-state index is 5.85. The number of halogens is 1. The maximum Gasteiger partial charge on any atom is 0.191 e. The van der Waals surface area contributed by atoms with Crippen LogP contribution in [-0.4, -0.2) is 52.1 Å². The van der Waals surface area contributed by atoms with Crippen molar-refractivity contribution in [1.29, 1.82) is 0 Å². The largest absolute Gasteiger partial charge is 0.376 e. The van der Waals surface area contributed by atoms with E-state index in [2.05, 4.69) is 46.2 Å². The predicted octanol–water partition coefficient (Wildman–Crippen LogP) is 3.14. The van der Waals surface area contributed by atoms with Gasteiger partial charge in [-0.2, -0.15) is 0 Å². The lowest BCUT2D eigenvalue weighted by atomic mass is 9.87. The number of aromatic nitrogens is 3. The van der Waals surface area contributed by atoms with Crippen LogP contribution < -0.4 is 10.6 Å². The summed E-state index contributed by atoms with van der Waals surface area (Å²) in [5.41, 5.74) is 0. The van der Waals surface area contributed by atoms with Crippen molar-refractivity contribution < 1.29 is 4.74 Å². The van der Waals surface area contributed by atoms with Crippen LogP contribution in [-0.2, 0) is 17.7 Å². The average molecular weight is 504 g/mol. The monoisotopic (exact) mass is 504 g/mol. The molecule has 2 fully saturated rings. The van der Waals surface area contributed by atoms with E-state index in [-0.39, 0.29) is 36.1 Å². The zero-order chi connectivity index (χ0) is 19.1. The van der Waals surface area contributed by atoms with Gasteiger partial charge in [0, 0.05) is 25.6 Å². The van der Waals surface area contributed by atoms with E-state index in [0.29, 0.717) is 12.6 Å². The van der Waals surface area contributed by atoms with Crippen LogP contribution in [0.15, 0.2) is 11.3 Å². The third-order valence-corrected chi connectivity index (χ3v) is 5.87. The molecular weight excluding hydrogens is 467 g/mol. The summed E-state index contributed by atoms with van der Waals surface area (Å²) >= 11 is 0. The van der Waals surface area contributed by atoms with E-state index in [4.69, 9.17) is 9.73 Å². The Morgan fingerprint density at radius 2 is 2.11 bits per heavy atom. The third-order valence-electron chi connectivity index (χ3n) is 5.87. The van der Waals surface area contributed by atoms with Crippen molar-refractivity contribution in [2.75, 3.05) is 13.2 Å². The van der Waals surface area contributed by atoms with Crippen molar-refractivity contribution in [3.05, 3.63) is 12.2 Å². The van der Waals surface area contributed by atoms with Crippen LogP contribution in [0.25, 0.3) is 0 Å². The van der Waals surface area contributed by atoms with Crippen LogP contribution in [0.1, 0.15) is 65.1 Å². The summed E-state index contributed by atoms with van der Waals surface area (Å²) in [5, 5.41) is 15.4. The van der Waals surface area contributed by atoms with Crippen LogP contribution in [0.2, 0.25) is 0 Å². The second-order valence-electron chi connectivity index (χ2n) is 8.11. The normalized spacial score (nSPS) is 26.5. The molecule has 1 aliphatic carbocycles. The van der Waals surface area contributed by atoms with Gasteiger partial charge in [0.1, 0.15) is 12.2 Å². The van der Waals surface area contributed by atoms with Crippen molar-refractivity contribution in [1.82, 2.24) is 25.4 Å². The SMILES string of the molecule is CCc1nncn1CCN=C(NC1CCC(C)CC1)NC(C)C1CCCO1.I. The minimum absolute atomic E-state index is 0. The maximum atomic E-state index is 5.85. The highest BCUT2D eigenvalue weighted by atomic mass is 127. The summed E-state index contributed by atoms with van der Waals surface area (Å²) in [7, 11) is 0. The molecule has 0 aromatic carbocycles. The standard InChI is InChI=1S/C20H36N6O.HI/c1-4-19-25-22-14-26(19)12-11-21-20(23-16(3)18-6-5-13-27-18)24-17-9-7-15(2)8-10-17;/h14-18H,4-13H2,1-3H3,(H2,21,23,24);1H. The highest BCUT2D eigenvalue weighted by molar-refractivity contribution is 14.0. The smallest absolute Gasteiger partial charge is 0.191 e. The molecule has 1 saturated carbocycles. The molecule has 160 valence electrons. The van der Waals surface area contributed by atoms with E-state index < -0.39 is 0 Å². The Labute approximate surface area is 186 Å². The topological polar surface area (TPSA) is 76.4 Å². The molecule has 2 atom stereocenters. The first kappa shape index (κ1) is 23.4. The first-order valence-electron chi connectivity index (χ1n) is 10.7. The van der Waals surface area contributed by atoms with Crippen molar-refractivity contribution in [3.8, 4) is 0 Å². The molecule has 0 radical (unpaired) electrons. The summed E-state index contributed by atoms with van der Waals surface area (Å²) in [6.07, 6.45) is 10.3. The van der Waals surface area contributed by atoms with Crippen molar-refractivity contribution in [3.63, 3.8) is 0 Å². The number of hydrogen-bond donors (Lipinski definition) is 2. The lowest BCUT2D eigenvalue weighted by molar-refractivity contribution is 0.0889. The molecule has 0 amide bonds. The van der Waals surface area contributed by atoms with Crippen molar-refractivity contribution >= 4 is 29.9 Å². The molecule has 1 saturated heterocycles. The van der Waals surface area contributed by atoms with E-state index in [1.807, 2.05) is 0 Å². The summed E-state index contributed by atoms with van der Waals surface area (Å²) in [4.78, 5) is 4.86. The van der Waals surface area contributed by atoms with E-state index in [9.17, 15) is 0 Å². The van der Waals surface area contributed by atoms with Gasteiger partial charge in [-0.3, -0.25) is 4.99 Å². The quantitative estimate of drug-likeness (QED) is 0.339. The molecular formula is C20H37IN6O. The number of nitrogens with one attached hydrogen (secondary N) is 2. The fraction of sp³-hybridized carbons (Fsp3) is 0.850. The number of ether oxygens (including phenoxy) is 1. The minimum atomic E-state index is 0. The molecule has 1 aromatic rings. The first-order valence-corrected chi connectivity index (χ1v) is 10.7. The van der Waals surface area contributed by atoms with Crippen molar-refractivity contribution in [2.45, 2.75) is 90.4 Å². The molecule has 1 aliphatic heterocycles. The van der Waals surface area contributed by atoms with E-state index in [1.54, 1.807) is 6.33 Å². The molecule has 7 nitrogen and oxygen atoms in total. The Balaban J connectivity index is 0.00000280. The number of aryl methyl sites for hydroxylation is 1. The van der Waals surface area contributed by atoms with Gasteiger partial charge >= 0.3 is 0 Å². The molecule has 2 aliphatic rings. The molecule has 2 unspecified atom stereocenters.